The van der Waals surface area contributed by atoms with Gasteiger partial charge in [-0.25, -0.2) is 4.99 Å². The Morgan fingerprint density at radius 3 is 2.48 bits per heavy atom. The number of hydrogen-bond donors (Lipinski definition) is 0. The highest BCUT2D eigenvalue weighted by atomic mass is 16.5. The fraction of sp³-hybridized carbons (Fsp3) is 0.682. The summed E-state index contributed by atoms with van der Waals surface area (Å²) in [7, 11) is 3.38. The highest BCUT2D eigenvalue weighted by molar-refractivity contribution is 5.77. The van der Waals surface area contributed by atoms with Crippen molar-refractivity contribution in [2.75, 3.05) is 20.8 Å². The van der Waals surface area contributed by atoms with Gasteiger partial charge in [0.25, 0.3) is 6.02 Å². The van der Waals surface area contributed by atoms with Gasteiger partial charge in [-0.05, 0) is 53.9 Å². The summed E-state index contributed by atoms with van der Waals surface area (Å²) < 4.78 is 17.5. The summed E-state index contributed by atoms with van der Waals surface area (Å²) in [6.45, 7) is 9.00. The van der Waals surface area contributed by atoms with Crippen molar-refractivity contribution in [1.29, 1.82) is 0 Å². The van der Waals surface area contributed by atoms with E-state index in [-0.39, 0.29) is 11.5 Å². The summed E-state index contributed by atoms with van der Waals surface area (Å²) in [5.41, 5.74) is 3.15. The molecule has 2 fully saturated rings. The lowest BCUT2D eigenvalue weighted by Crippen LogP contribution is -2.42. The fourth-order valence-corrected chi connectivity index (χ4v) is 6.09. The molecular formula is C22H30N2O3. The molecule has 4 atom stereocenters. The van der Waals surface area contributed by atoms with Crippen LogP contribution in [0.2, 0.25) is 0 Å². The van der Waals surface area contributed by atoms with Crippen molar-refractivity contribution in [1.82, 2.24) is 4.90 Å². The zero-order valence-electron chi connectivity index (χ0n) is 17.0. The molecule has 1 aromatic carbocycles. The summed E-state index contributed by atoms with van der Waals surface area (Å²) in [6.07, 6.45) is 3.76. The van der Waals surface area contributed by atoms with Crippen LogP contribution in [0.15, 0.2) is 17.1 Å². The Labute approximate surface area is 161 Å². The molecule has 0 radical (unpaired) electrons. The topological polar surface area (TPSA) is 43.3 Å². The molecular weight excluding hydrogens is 340 g/mol. The normalized spacial score (nSPS) is 35.4. The van der Waals surface area contributed by atoms with Gasteiger partial charge in [-0.1, -0.05) is 20.8 Å². The number of rotatable bonds is 2. The van der Waals surface area contributed by atoms with E-state index in [9.17, 15) is 0 Å². The van der Waals surface area contributed by atoms with Crippen molar-refractivity contribution in [3.63, 3.8) is 0 Å². The molecule has 2 saturated carbocycles. The summed E-state index contributed by atoms with van der Waals surface area (Å²) in [6, 6.07) is 5.41. The Morgan fingerprint density at radius 2 is 1.81 bits per heavy atom. The number of aliphatic imine (C=N–C) groups is 1. The smallest absolute Gasteiger partial charge is 0.288 e. The van der Waals surface area contributed by atoms with E-state index in [0.29, 0.717) is 17.4 Å². The van der Waals surface area contributed by atoms with Gasteiger partial charge in [0.05, 0.1) is 20.3 Å². The summed E-state index contributed by atoms with van der Waals surface area (Å²) >= 11 is 0. The molecule has 5 rings (SSSR count). The van der Waals surface area contributed by atoms with Crippen LogP contribution >= 0.6 is 0 Å². The number of ether oxygens (including phenoxy) is 3. The molecule has 2 heterocycles. The molecule has 0 saturated heterocycles. The minimum absolute atomic E-state index is 0.234. The number of nitrogens with zero attached hydrogens (tertiary/aromatic N) is 2. The summed E-state index contributed by atoms with van der Waals surface area (Å²) in [5.74, 6) is 2.24. The largest absolute Gasteiger partial charge is 0.493 e. The number of amidine groups is 1. The van der Waals surface area contributed by atoms with Gasteiger partial charge in [-0.15, -0.1) is 0 Å². The predicted octanol–water partition coefficient (Wildman–Crippen LogP) is 3.64. The lowest BCUT2D eigenvalue weighted by Gasteiger charge is -2.39. The molecule has 0 amide bonds. The van der Waals surface area contributed by atoms with Crippen LogP contribution in [0, 0.1) is 16.7 Å². The van der Waals surface area contributed by atoms with Crippen LogP contribution in [0.5, 0.6) is 11.5 Å². The van der Waals surface area contributed by atoms with Crippen LogP contribution in [-0.4, -0.2) is 43.8 Å². The molecule has 5 heteroatoms. The van der Waals surface area contributed by atoms with Gasteiger partial charge >= 0.3 is 0 Å². The number of methoxy groups -OCH3 is 2. The second kappa shape index (κ2) is 5.55. The maximum atomic E-state index is 6.53. The lowest BCUT2D eigenvalue weighted by atomic mass is 9.70. The average molecular weight is 370 g/mol. The molecule has 2 aliphatic heterocycles. The van der Waals surface area contributed by atoms with Crippen molar-refractivity contribution in [2.24, 2.45) is 21.7 Å². The van der Waals surface area contributed by atoms with Crippen molar-refractivity contribution in [2.45, 2.75) is 58.7 Å². The first-order valence-corrected chi connectivity index (χ1v) is 10.1. The van der Waals surface area contributed by atoms with Gasteiger partial charge in [0.2, 0.25) is 0 Å². The third-order valence-corrected chi connectivity index (χ3v) is 8.20. The average Bonchev–Trinajstić information content (AvgIpc) is 3.25. The quantitative estimate of drug-likeness (QED) is 0.797. The first-order valence-electron chi connectivity index (χ1n) is 10.1. The molecule has 2 unspecified atom stereocenters. The van der Waals surface area contributed by atoms with E-state index in [0.717, 1.165) is 37.0 Å². The highest BCUT2D eigenvalue weighted by Gasteiger charge is 2.69. The van der Waals surface area contributed by atoms with E-state index in [4.69, 9.17) is 19.2 Å². The van der Waals surface area contributed by atoms with E-state index in [1.807, 2.05) is 0 Å². The molecule has 146 valence electrons. The second-order valence-corrected chi connectivity index (χ2v) is 9.37. The van der Waals surface area contributed by atoms with Crippen molar-refractivity contribution in [3.8, 4) is 11.5 Å². The third kappa shape index (κ3) is 2.14. The Morgan fingerprint density at radius 1 is 1.11 bits per heavy atom. The van der Waals surface area contributed by atoms with Crippen LogP contribution in [0.1, 0.15) is 44.7 Å². The zero-order valence-corrected chi connectivity index (χ0v) is 17.0. The van der Waals surface area contributed by atoms with Gasteiger partial charge in [0.15, 0.2) is 11.5 Å². The molecule has 4 aliphatic rings. The Bertz CT molecular complexity index is 818. The van der Waals surface area contributed by atoms with Crippen LogP contribution < -0.4 is 9.47 Å². The van der Waals surface area contributed by atoms with Gasteiger partial charge in [-0.2, -0.15) is 0 Å². The SMILES string of the molecule is COc1cc2c(cc1OC)CN(C1=NC3C(O1)[C@]1(C)CC[C@H]3C1(C)C)CC2. The molecule has 0 N–H and O–H groups in total. The number of hydrogen-bond acceptors (Lipinski definition) is 5. The lowest BCUT2D eigenvalue weighted by molar-refractivity contribution is 0.0178. The zero-order chi connectivity index (χ0) is 19.0. The van der Waals surface area contributed by atoms with E-state index in [2.05, 4.69) is 37.8 Å². The minimum Gasteiger partial charge on any atom is -0.493 e. The first kappa shape index (κ1) is 17.2. The molecule has 0 spiro atoms. The Balaban J connectivity index is 1.40. The van der Waals surface area contributed by atoms with Gasteiger partial charge in [-0.3, -0.25) is 0 Å². The van der Waals surface area contributed by atoms with E-state index < -0.39 is 0 Å². The van der Waals surface area contributed by atoms with Crippen LogP contribution in [0.4, 0.5) is 0 Å². The molecule has 27 heavy (non-hydrogen) atoms. The van der Waals surface area contributed by atoms with E-state index >= 15 is 0 Å². The monoisotopic (exact) mass is 370 g/mol. The Hall–Kier alpha value is -1.91. The molecule has 2 aliphatic carbocycles. The Kier molecular flexibility index (Phi) is 3.54. The second-order valence-electron chi connectivity index (χ2n) is 9.37. The van der Waals surface area contributed by atoms with Crippen LogP contribution in [0.3, 0.4) is 0 Å². The van der Waals surface area contributed by atoms with Gasteiger partial charge < -0.3 is 19.1 Å². The maximum Gasteiger partial charge on any atom is 0.288 e. The van der Waals surface area contributed by atoms with E-state index in [1.54, 1.807) is 14.2 Å². The van der Waals surface area contributed by atoms with Crippen molar-refractivity contribution >= 4 is 6.02 Å². The third-order valence-electron chi connectivity index (χ3n) is 8.20. The van der Waals surface area contributed by atoms with Gasteiger partial charge in [0, 0.05) is 18.5 Å². The number of benzene rings is 1. The highest BCUT2D eigenvalue weighted by Crippen LogP contribution is 2.68. The maximum absolute atomic E-state index is 6.53. The summed E-state index contributed by atoms with van der Waals surface area (Å²) in [5, 5.41) is 0. The van der Waals surface area contributed by atoms with Crippen LogP contribution in [0.25, 0.3) is 0 Å². The summed E-state index contributed by atoms with van der Waals surface area (Å²) in [4.78, 5) is 7.42. The minimum atomic E-state index is 0.234. The molecule has 5 nitrogen and oxygen atoms in total. The molecule has 1 aromatic rings. The number of fused-ring (bicyclic) bond motifs is 6. The first-order chi connectivity index (χ1) is 12.9. The van der Waals surface area contributed by atoms with Gasteiger partial charge in [0.1, 0.15) is 6.10 Å². The van der Waals surface area contributed by atoms with E-state index in [1.165, 1.54) is 24.0 Å². The predicted molar refractivity (Wildman–Crippen MR) is 104 cm³/mol. The van der Waals surface area contributed by atoms with Crippen molar-refractivity contribution < 1.29 is 14.2 Å². The van der Waals surface area contributed by atoms with Crippen molar-refractivity contribution in [3.05, 3.63) is 23.3 Å². The fourth-order valence-electron chi connectivity index (χ4n) is 6.09. The molecule has 2 bridgehead atoms. The standard InChI is InChI=1S/C22H30N2O3/c1-21(2)15-6-8-22(21,3)19-18(15)23-20(27-19)24-9-7-13-10-16(25-4)17(26-5)11-14(13)12-24/h10-11,15,18-19H,6-9,12H2,1-5H3/t15-,18?,19?,22+/m1/s1. The molecule has 0 aromatic heterocycles. The van der Waals surface area contributed by atoms with Crippen LogP contribution in [-0.2, 0) is 17.7 Å².